The number of rotatable bonds is 12. The van der Waals surface area contributed by atoms with Gasteiger partial charge in [0, 0.05) is 62.9 Å². The van der Waals surface area contributed by atoms with Crippen molar-refractivity contribution in [2.75, 3.05) is 39.3 Å². The second-order valence-corrected chi connectivity index (χ2v) is 26.9. The van der Waals surface area contributed by atoms with Crippen LogP contribution in [0.5, 0.6) is 0 Å². The number of allylic oxidation sites excluding steroid dienone is 1. The lowest BCUT2D eigenvalue weighted by molar-refractivity contribution is -0.250. The first-order valence-corrected chi connectivity index (χ1v) is 26.2. The lowest BCUT2D eigenvalue weighted by Gasteiger charge is -2.74. The third-order valence-corrected chi connectivity index (χ3v) is 24.8. The van der Waals surface area contributed by atoms with Gasteiger partial charge in [0.05, 0.1) is 9.75 Å². The smallest absolute Gasteiger partial charge is 0.303 e. The highest BCUT2D eigenvalue weighted by Crippen LogP contribution is 2.80. The maximum Gasteiger partial charge on any atom is 0.303 e. The van der Waals surface area contributed by atoms with Gasteiger partial charge in [-0.15, -0.1) is 23.2 Å². The molecule has 0 radical (unpaired) electrons. The third-order valence-electron chi connectivity index (χ3n) is 22.6. The molecule has 0 amide bonds. The second kappa shape index (κ2) is 15.6. The van der Waals surface area contributed by atoms with Crippen molar-refractivity contribution >= 4 is 58.7 Å². The zero-order valence-corrected chi connectivity index (χ0v) is 41.9. The molecule has 6 saturated heterocycles. The van der Waals surface area contributed by atoms with E-state index in [0.717, 1.165) is 90.4 Å². The molecule has 2 N–H and O–H groups in total. The predicted molar refractivity (Wildman–Crippen MR) is 250 cm³/mol. The minimum Gasteiger partial charge on any atom is -0.481 e. The van der Waals surface area contributed by atoms with Crippen LogP contribution in [-0.4, -0.2) is 90.2 Å². The van der Waals surface area contributed by atoms with Gasteiger partial charge in [-0.25, -0.2) is 10.0 Å². The Kier molecular flexibility index (Phi) is 11.8. The maximum atomic E-state index is 12.3. The fraction of sp³-hybridized carbons (Fsp3) is 0.920. The molecule has 6 heterocycles. The van der Waals surface area contributed by atoms with Crippen molar-refractivity contribution in [3.8, 4) is 0 Å². The SMILES string of the molecule is C=C(C)[C@@H]1CC[C@]2(CC(Cl)(CCC(=O)O)C34CCN(CC3)N(Cl)C4)CC[C@]3(C)[C@H](CC[C@@H]4[C@@]5(C)CCC(C(Cl)(CCC(=O)O)C67CCN(CC6)N(Cl)C7)C(C)(C)[C@@H]5CC[C@]43C)[C@@H]12. The van der Waals surface area contributed by atoms with Gasteiger partial charge >= 0.3 is 11.9 Å². The molecule has 3 unspecified atom stereocenters. The van der Waals surface area contributed by atoms with Crippen LogP contribution in [0.15, 0.2) is 12.2 Å². The molecule has 350 valence electrons. The van der Waals surface area contributed by atoms with Gasteiger partial charge in [0.15, 0.2) is 0 Å². The summed E-state index contributed by atoms with van der Waals surface area (Å²) < 4.78 is 3.73. The maximum absolute atomic E-state index is 12.3. The average molecular weight is 941 g/mol. The number of carboxylic acid groups (broad SMARTS) is 2. The molecule has 12 heteroatoms. The summed E-state index contributed by atoms with van der Waals surface area (Å²) in [6.45, 7) is 25.0. The number of fused-ring (bicyclic) bond motifs is 13. The molecule has 12 atom stereocenters. The Bertz CT molecular complexity index is 1800. The Morgan fingerprint density at radius 2 is 1.26 bits per heavy atom. The summed E-state index contributed by atoms with van der Waals surface area (Å²) >= 11 is 30.3. The van der Waals surface area contributed by atoms with E-state index in [2.05, 4.69) is 51.6 Å². The lowest BCUT2D eigenvalue weighted by Crippen LogP contribution is -2.70. The Balaban J connectivity index is 1.03. The van der Waals surface area contributed by atoms with Crippen molar-refractivity contribution in [3.05, 3.63) is 12.2 Å². The third kappa shape index (κ3) is 6.58. The highest BCUT2D eigenvalue weighted by molar-refractivity contribution is 6.25. The molecule has 8 nitrogen and oxygen atoms in total. The first kappa shape index (κ1) is 46.8. The molecule has 11 rings (SSSR count). The van der Waals surface area contributed by atoms with E-state index in [-0.39, 0.29) is 56.7 Å². The van der Waals surface area contributed by atoms with E-state index >= 15 is 0 Å². The summed E-state index contributed by atoms with van der Waals surface area (Å²) in [4.78, 5) is 23.3. The molecule has 11 fully saturated rings. The Morgan fingerprint density at radius 1 is 0.677 bits per heavy atom. The molecule has 0 aromatic rings. The Morgan fingerprint density at radius 3 is 1.84 bits per heavy atom. The first-order valence-electron chi connectivity index (χ1n) is 24.8. The van der Waals surface area contributed by atoms with Gasteiger partial charge in [-0.05, 0) is 202 Å². The number of hydrogen-bond donors (Lipinski definition) is 2. The van der Waals surface area contributed by atoms with Gasteiger partial charge in [-0.3, -0.25) is 9.59 Å². The van der Waals surface area contributed by atoms with Crippen LogP contribution in [0.2, 0.25) is 0 Å². The first-order chi connectivity index (χ1) is 29.0. The van der Waals surface area contributed by atoms with Crippen LogP contribution in [0.25, 0.3) is 0 Å². The topological polar surface area (TPSA) is 87.6 Å². The largest absolute Gasteiger partial charge is 0.481 e. The normalized spacial score (nSPS) is 49.1. The monoisotopic (exact) mass is 938 g/mol. The standard InChI is InChI=1S/C50H78Cl4N4O4/c1-33(2)34-10-17-46(30-49(51,18-13-39(59)60)47-22-26-55(27-23-47)57(53)31-47)21-20-44(6)35(41(34)46)8-9-38-43(5)15-11-37(42(3,4)36(43)12-16-45(38,44)7)50(52,19-14-40(61)62)48-24-28-56(29-25-48)58(54)32-48/h34-38,41H,1,8-32H2,2-7H3,(H,59,60)(H,61,62)/t34-,35+,36-,37?,38+,41+,43-,44+,45+,46+,49?,50?/m0/s1. The van der Waals surface area contributed by atoms with Crippen molar-refractivity contribution < 1.29 is 19.8 Å². The zero-order valence-electron chi connectivity index (χ0n) is 38.9. The summed E-state index contributed by atoms with van der Waals surface area (Å²) in [7, 11) is 0. The summed E-state index contributed by atoms with van der Waals surface area (Å²) in [5.41, 5.74) is 1.35. The highest BCUT2D eigenvalue weighted by Gasteiger charge is 2.74. The van der Waals surface area contributed by atoms with E-state index in [0.29, 0.717) is 55.5 Å². The number of carbonyl (C=O) groups is 2. The van der Waals surface area contributed by atoms with Crippen LogP contribution < -0.4 is 0 Å². The minimum atomic E-state index is -0.760. The van der Waals surface area contributed by atoms with Gasteiger partial charge in [-0.2, -0.15) is 9.06 Å². The molecule has 62 heavy (non-hydrogen) atoms. The van der Waals surface area contributed by atoms with Crippen molar-refractivity contribution in [1.82, 2.24) is 19.1 Å². The van der Waals surface area contributed by atoms with Crippen LogP contribution in [-0.2, 0) is 9.59 Å². The van der Waals surface area contributed by atoms with Gasteiger partial charge in [-0.1, -0.05) is 46.8 Å². The van der Waals surface area contributed by atoms with E-state index in [9.17, 15) is 19.8 Å². The second-order valence-electron chi connectivity index (χ2n) is 24.7. The van der Waals surface area contributed by atoms with E-state index in [1.165, 1.54) is 37.7 Å². The van der Waals surface area contributed by atoms with Crippen LogP contribution in [0, 0.1) is 73.4 Å². The molecule has 5 aliphatic carbocycles. The number of hydrogen-bond acceptors (Lipinski definition) is 6. The van der Waals surface area contributed by atoms with Crippen molar-refractivity contribution in [1.29, 1.82) is 0 Å². The van der Waals surface area contributed by atoms with Crippen LogP contribution in [0.3, 0.4) is 0 Å². The molecule has 11 aliphatic rings. The number of piperidine rings is 2. The molecule has 5 saturated carbocycles. The van der Waals surface area contributed by atoms with E-state index < -0.39 is 21.7 Å². The molecule has 0 aromatic heterocycles. The molecule has 6 aliphatic heterocycles. The number of alkyl halides is 2. The van der Waals surface area contributed by atoms with E-state index in [1.807, 2.05) is 9.06 Å². The number of carboxylic acids is 2. The Hall–Kier alpha value is -0.320. The Labute approximate surface area is 393 Å². The fourth-order valence-corrected chi connectivity index (χ4v) is 21.5. The lowest BCUT2D eigenvalue weighted by atomic mass is 9.31. The highest BCUT2D eigenvalue weighted by atomic mass is 35.5. The van der Waals surface area contributed by atoms with Crippen LogP contribution in [0.1, 0.15) is 164 Å². The zero-order chi connectivity index (χ0) is 44.7. The van der Waals surface area contributed by atoms with Crippen molar-refractivity contribution in [3.63, 3.8) is 0 Å². The number of hydrazine groups is 2. The quantitative estimate of drug-likeness (QED) is 0.114. The van der Waals surface area contributed by atoms with Crippen molar-refractivity contribution in [2.45, 2.75) is 173 Å². The van der Waals surface area contributed by atoms with Gasteiger partial charge in [0.2, 0.25) is 0 Å². The van der Waals surface area contributed by atoms with Gasteiger partial charge in [0.25, 0.3) is 0 Å². The fourth-order valence-electron chi connectivity index (χ4n) is 19.4. The predicted octanol–water partition coefficient (Wildman–Crippen LogP) is 12.3. The van der Waals surface area contributed by atoms with Crippen LogP contribution in [0.4, 0.5) is 0 Å². The summed E-state index contributed by atoms with van der Waals surface area (Å²) in [5, 5.41) is 24.7. The molecular formula is C50H78Cl4N4O4. The van der Waals surface area contributed by atoms with E-state index in [4.69, 9.17) is 53.3 Å². The number of nitrogens with zero attached hydrogens (tertiary/aromatic N) is 4. The van der Waals surface area contributed by atoms with Crippen LogP contribution >= 0.6 is 46.8 Å². The molecule has 0 spiro atoms. The van der Waals surface area contributed by atoms with E-state index in [1.54, 1.807) is 0 Å². The van der Waals surface area contributed by atoms with Gasteiger partial charge < -0.3 is 10.2 Å². The average Bonchev–Trinajstić information content (AvgIpc) is 3.59. The molecule has 4 bridgehead atoms. The summed E-state index contributed by atoms with van der Waals surface area (Å²) in [6, 6.07) is 0. The molecule has 0 aromatic carbocycles. The van der Waals surface area contributed by atoms with Crippen molar-refractivity contribution in [2.24, 2.45) is 73.4 Å². The molecular weight excluding hydrogens is 862 g/mol. The van der Waals surface area contributed by atoms with Gasteiger partial charge in [0.1, 0.15) is 0 Å². The minimum absolute atomic E-state index is 0.0474. The summed E-state index contributed by atoms with van der Waals surface area (Å²) in [6.07, 6.45) is 17.6. The number of aliphatic carboxylic acids is 2. The number of halogens is 4. The summed E-state index contributed by atoms with van der Waals surface area (Å²) in [5.74, 6) is 1.26.